The molecule has 0 atom stereocenters. The molecule has 0 radical (unpaired) electrons. The van der Waals surface area contributed by atoms with Crippen molar-refractivity contribution in [2.24, 2.45) is 0 Å². The van der Waals surface area contributed by atoms with Crippen LogP contribution in [0.3, 0.4) is 0 Å². The second-order valence-electron chi connectivity index (χ2n) is 5.33. The summed E-state index contributed by atoms with van der Waals surface area (Å²) in [6.07, 6.45) is 1.54. The zero-order valence-corrected chi connectivity index (χ0v) is 15.5. The van der Waals surface area contributed by atoms with E-state index in [2.05, 4.69) is 5.10 Å². The van der Waals surface area contributed by atoms with Crippen molar-refractivity contribution in [1.82, 2.24) is 9.19 Å². The summed E-state index contributed by atoms with van der Waals surface area (Å²) in [6.45, 7) is 3.70. The van der Waals surface area contributed by atoms with E-state index in [0.717, 1.165) is 19.4 Å². The third-order valence-electron chi connectivity index (χ3n) is 3.42. The summed E-state index contributed by atoms with van der Waals surface area (Å²) in [7, 11) is -3.69. The quantitative estimate of drug-likeness (QED) is 0.668. The van der Waals surface area contributed by atoms with Gasteiger partial charge in [0.05, 0.1) is 21.7 Å². The van der Waals surface area contributed by atoms with Crippen LogP contribution in [0.25, 0.3) is 0 Å². The van der Waals surface area contributed by atoms with E-state index < -0.39 is 10.0 Å². The highest BCUT2D eigenvalue weighted by Crippen LogP contribution is 2.32. The van der Waals surface area contributed by atoms with Crippen LogP contribution in [0.1, 0.15) is 11.3 Å². The third-order valence-corrected chi connectivity index (χ3v) is 6.31. The lowest BCUT2D eigenvalue weighted by Gasteiger charge is -2.04. The van der Waals surface area contributed by atoms with Crippen molar-refractivity contribution in [2.45, 2.75) is 28.5 Å². The topological polar surface area (TPSA) is 52.0 Å². The summed E-state index contributed by atoms with van der Waals surface area (Å²) in [6, 6.07) is 14.1. The van der Waals surface area contributed by atoms with Crippen molar-refractivity contribution in [3.05, 3.63) is 71.0 Å². The molecule has 0 unspecified atom stereocenters. The molecule has 2 aromatic carbocycles. The standard InChI is InChI=1S/C17H15ClN2O2S2/c1-12-6-8-16(9-7-12)24(21,22)20-11-17(13(2)19-20)23-15-5-3-4-14(18)10-15/h3-11H,1-2H3. The van der Waals surface area contributed by atoms with Crippen molar-refractivity contribution in [3.8, 4) is 0 Å². The summed E-state index contributed by atoms with van der Waals surface area (Å²) < 4.78 is 26.4. The SMILES string of the molecule is Cc1ccc(S(=O)(=O)n2cc(Sc3cccc(Cl)c3)c(C)n2)cc1. The third kappa shape index (κ3) is 3.50. The van der Waals surface area contributed by atoms with Gasteiger partial charge in [0, 0.05) is 9.92 Å². The van der Waals surface area contributed by atoms with Gasteiger partial charge in [-0.2, -0.15) is 17.6 Å². The Hall–Kier alpha value is -1.76. The molecule has 0 aliphatic heterocycles. The Kier molecular flexibility index (Phi) is 4.71. The van der Waals surface area contributed by atoms with E-state index in [4.69, 9.17) is 11.6 Å². The van der Waals surface area contributed by atoms with Gasteiger partial charge in [-0.3, -0.25) is 0 Å². The molecule has 7 heteroatoms. The lowest BCUT2D eigenvalue weighted by molar-refractivity contribution is 0.579. The molecule has 1 heterocycles. The molecule has 1 aromatic heterocycles. The minimum absolute atomic E-state index is 0.218. The van der Waals surface area contributed by atoms with Gasteiger partial charge in [-0.05, 0) is 44.2 Å². The average Bonchev–Trinajstić information content (AvgIpc) is 2.89. The number of aromatic nitrogens is 2. The Labute approximate surface area is 150 Å². The predicted molar refractivity (Wildman–Crippen MR) is 96.3 cm³/mol. The molecular weight excluding hydrogens is 364 g/mol. The van der Waals surface area contributed by atoms with E-state index in [1.165, 1.54) is 18.0 Å². The lowest BCUT2D eigenvalue weighted by atomic mass is 10.2. The van der Waals surface area contributed by atoms with Gasteiger partial charge in [-0.15, -0.1) is 0 Å². The number of hydrogen-bond donors (Lipinski definition) is 0. The van der Waals surface area contributed by atoms with E-state index in [0.29, 0.717) is 10.7 Å². The van der Waals surface area contributed by atoms with Crippen LogP contribution < -0.4 is 0 Å². The number of hydrogen-bond acceptors (Lipinski definition) is 4. The highest BCUT2D eigenvalue weighted by Gasteiger charge is 2.20. The van der Waals surface area contributed by atoms with Gasteiger partial charge in [-0.1, -0.05) is 47.1 Å². The zero-order chi connectivity index (χ0) is 17.3. The Balaban J connectivity index is 1.95. The highest BCUT2D eigenvalue weighted by atomic mass is 35.5. The molecule has 0 spiro atoms. The number of benzene rings is 2. The van der Waals surface area contributed by atoms with Crippen LogP contribution in [-0.4, -0.2) is 17.6 Å². The molecule has 3 rings (SSSR count). The first-order valence-corrected chi connectivity index (χ1v) is 9.82. The van der Waals surface area contributed by atoms with Crippen LogP contribution >= 0.6 is 23.4 Å². The highest BCUT2D eigenvalue weighted by molar-refractivity contribution is 7.99. The predicted octanol–water partition coefficient (Wildman–Crippen LogP) is 4.54. The second kappa shape index (κ2) is 6.63. The fourth-order valence-corrected chi connectivity index (χ4v) is 4.54. The fourth-order valence-electron chi connectivity index (χ4n) is 2.12. The molecule has 0 saturated heterocycles. The normalized spacial score (nSPS) is 11.6. The Bertz CT molecular complexity index is 980. The largest absolute Gasteiger partial charge is 0.282 e. The molecule has 0 amide bonds. The molecule has 24 heavy (non-hydrogen) atoms. The molecule has 124 valence electrons. The summed E-state index contributed by atoms with van der Waals surface area (Å²) in [5.74, 6) is 0. The molecule has 3 aromatic rings. The van der Waals surface area contributed by atoms with Crippen LogP contribution in [0, 0.1) is 13.8 Å². The van der Waals surface area contributed by atoms with Crippen LogP contribution in [0.4, 0.5) is 0 Å². The second-order valence-corrected chi connectivity index (χ2v) is 8.68. The van der Waals surface area contributed by atoms with Crippen molar-refractivity contribution in [1.29, 1.82) is 0 Å². The van der Waals surface area contributed by atoms with Gasteiger partial charge in [0.2, 0.25) is 0 Å². The molecule has 0 bridgehead atoms. The molecule has 0 N–H and O–H groups in total. The van der Waals surface area contributed by atoms with Crippen LogP contribution in [-0.2, 0) is 10.0 Å². The van der Waals surface area contributed by atoms with Gasteiger partial charge in [0.1, 0.15) is 0 Å². The minimum atomic E-state index is -3.69. The summed E-state index contributed by atoms with van der Waals surface area (Å²) in [4.78, 5) is 1.92. The Morgan fingerprint density at radius 3 is 2.46 bits per heavy atom. The molecule has 0 aliphatic rings. The lowest BCUT2D eigenvalue weighted by Crippen LogP contribution is -2.13. The average molecular weight is 379 g/mol. The molecular formula is C17H15ClN2O2S2. The first-order chi connectivity index (χ1) is 11.4. The zero-order valence-electron chi connectivity index (χ0n) is 13.1. The molecule has 4 nitrogen and oxygen atoms in total. The van der Waals surface area contributed by atoms with Gasteiger partial charge >= 0.3 is 0 Å². The van der Waals surface area contributed by atoms with E-state index in [1.54, 1.807) is 37.3 Å². The first kappa shape index (κ1) is 17.1. The Morgan fingerprint density at radius 1 is 1.08 bits per heavy atom. The van der Waals surface area contributed by atoms with Gasteiger partial charge < -0.3 is 0 Å². The van der Waals surface area contributed by atoms with Crippen molar-refractivity contribution in [3.63, 3.8) is 0 Å². The summed E-state index contributed by atoms with van der Waals surface area (Å²) in [5, 5.41) is 4.81. The summed E-state index contributed by atoms with van der Waals surface area (Å²) >= 11 is 7.42. The smallest absolute Gasteiger partial charge is 0.199 e. The maximum atomic E-state index is 12.7. The maximum absolute atomic E-state index is 12.7. The Morgan fingerprint density at radius 2 is 1.79 bits per heavy atom. The van der Waals surface area contributed by atoms with Gasteiger partial charge in [0.25, 0.3) is 10.0 Å². The number of nitrogens with zero attached hydrogens (tertiary/aromatic N) is 2. The fraction of sp³-hybridized carbons (Fsp3) is 0.118. The number of rotatable bonds is 4. The van der Waals surface area contributed by atoms with Crippen LogP contribution in [0.2, 0.25) is 5.02 Å². The van der Waals surface area contributed by atoms with E-state index in [-0.39, 0.29) is 4.90 Å². The molecule has 0 aliphatic carbocycles. The number of aryl methyl sites for hydroxylation is 2. The number of halogens is 1. The van der Waals surface area contributed by atoms with E-state index in [9.17, 15) is 8.42 Å². The minimum Gasteiger partial charge on any atom is -0.199 e. The van der Waals surface area contributed by atoms with Crippen molar-refractivity contribution >= 4 is 33.4 Å². The van der Waals surface area contributed by atoms with E-state index >= 15 is 0 Å². The van der Waals surface area contributed by atoms with E-state index in [1.807, 2.05) is 25.1 Å². The van der Waals surface area contributed by atoms with Crippen LogP contribution in [0.15, 0.2) is 69.4 Å². The van der Waals surface area contributed by atoms with Gasteiger partial charge in [-0.25, -0.2) is 0 Å². The molecule has 0 fully saturated rings. The van der Waals surface area contributed by atoms with Crippen LogP contribution in [0.5, 0.6) is 0 Å². The summed E-state index contributed by atoms with van der Waals surface area (Å²) in [5.41, 5.74) is 1.65. The monoisotopic (exact) mass is 378 g/mol. The van der Waals surface area contributed by atoms with Gasteiger partial charge in [0.15, 0.2) is 0 Å². The first-order valence-electron chi connectivity index (χ1n) is 7.18. The molecule has 0 saturated carbocycles. The van der Waals surface area contributed by atoms with Crippen molar-refractivity contribution in [2.75, 3.05) is 0 Å². The van der Waals surface area contributed by atoms with Crippen molar-refractivity contribution < 1.29 is 8.42 Å². The maximum Gasteiger partial charge on any atom is 0.282 e.